The number of aliphatic hydroxyl groups is 1. The molecule has 3 heterocycles. The highest BCUT2D eigenvalue weighted by Crippen LogP contribution is 2.35. The molecule has 0 radical (unpaired) electrons. The molecule has 1 aromatic heterocycles. The van der Waals surface area contributed by atoms with Crippen molar-refractivity contribution in [1.82, 2.24) is 14.8 Å². The number of likely N-dealkylation sites (tertiary alicyclic amines) is 1. The normalized spacial score (nSPS) is 22.8. The van der Waals surface area contributed by atoms with E-state index in [1.807, 2.05) is 13.0 Å². The van der Waals surface area contributed by atoms with Crippen LogP contribution in [0, 0.1) is 0 Å². The molecule has 0 bridgehead atoms. The maximum atomic E-state index is 12.0. The van der Waals surface area contributed by atoms with Crippen molar-refractivity contribution in [2.45, 2.75) is 44.3 Å². The standard InChI is InChI=1S/C22H33N7O3/c1-16-18(3-4-19(16)30)28-10-11-32-22(14-28)6-8-27(9-7-22)13-20(31)17-2-5-21(25-12-17)29(24)15-26-23/h2,5,12,15,20,31H,3-4,6-11,13-14,23-24H2,1H3/b26-15-/t20-/m0/s1. The molecule has 10 heteroatoms. The van der Waals surface area contributed by atoms with Gasteiger partial charge in [0.2, 0.25) is 0 Å². The Morgan fingerprint density at radius 2 is 2.12 bits per heavy atom. The molecule has 0 aromatic carbocycles. The predicted molar refractivity (Wildman–Crippen MR) is 121 cm³/mol. The number of allylic oxidation sites excluding steroid dienone is 2. The van der Waals surface area contributed by atoms with Gasteiger partial charge in [0, 0.05) is 62.2 Å². The molecule has 32 heavy (non-hydrogen) atoms. The number of carbonyl (C=O) groups excluding carboxylic acids is 1. The number of rotatable bonds is 6. The fraction of sp³-hybridized carbons (Fsp3) is 0.591. The molecule has 1 spiro atoms. The van der Waals surface area contributed by atoms with Gasteiger partial charge >= 0.3 is 0 Å². The zero-order valence-corrected chi connectivity index (χ0v) is 18.6. The maximum absolute atomic E-state index is 12.0. The van der Waals surface area contributed by atoms with E-state index in [1.165, 1.54) is 17.0 Å². The Balaban J connectivity index is 1.31. The van der Waals surface area contributed by atoms with Crippen LogP contribution in [0.15, 0.2) is 34.7 Å². The molecule has 2 aliphatic heterocycles. The van der Waals surface area contributed by atoms with Crippen molar-refractivity contribution in [3.63, 3.8) is 0 Å². The van der Waals surface area contributed by atoms with Gasteiger partial charge in [-0.25, -0.2) is 15.8 Å². The number of aromatic nitrogens is 1. The smallest absolute Gasteiger partial charge is 0.160 e. The average Bonchev–Trinajstić information content (AvgIpc) is 3.14. The summed E-state index contributed by atoms with van der Waals surface area (Å²) in [5.41, 5.74) is 2.70. The third-order valence-electron chi connectivity index (χ3n) is 6.88. The van der Waals surface area contributed by atoms with Gasteiger partial charge < -0.3 is 25.5 Å². The third-order valence-corrected chi connectivity index (χ3v) is 6.88. The fourth-order valence-corrected chi connectivity index (χ4v) is 4.91. The van der Waals surface area contributed by atoms with Crippen LogP contribution in [0.5, 0.6) is 0 Å². The number of ether oxygens (including phenoxy) is 1. The Bertz CT molecular complexity index is 878. The molecule has 4 rings (SSSR count). The molecular weight excluding hydrogens is 410 g/mol. The molecule has 10 nitrogen and oxygen atoms in total. The number of hydrogen-bond donors (Lipinski definition) is 3. The summed E-state index contributed by atoms with van der Waals surface area (Å²) in [5.74, 6) is 11.6. The molecular formula is C22H33N7O3. The zero-order chi connectivity index (χ0) is 22.7. The summed E-state index contributed by atoms with van der Waals surface area (Å²) in [6, 6.07) is 3.53. The molecule has 2 saturated heterocycles. The van der Waals surface area contributed by atoms with Crippen molar-refractivity contribution in [3.8, 4) is 0 Å². The highest BCUT2D eigenvalue weighted by atomic mass is 16.5. The molecule has 1 atom stereocenters. The molecule has 1 aromatic rings. The van der Waals surface area contributed by atoms with E-state index in [-0.39, 0.29) is 11.4 Å². The number of aliphatic hydroxyl groups excluding tert-OH is 1. The van der Waals surface area contributed by atoms with Crippen LogP contribution in [-0.4, -0.2) is 76.9 Å². The molecule has 0 unspecified atom stereocenters. The third kappa shape index (κ3) is 4.78. The van der Waals surface area contributed by atoms with Crippen molar-refractivity contribution < 1.29 is 14.6 Å². The summed E-state index contributed by atoms with van der Waals surface area (Å²) in [6.45, 7) is 6.60. The summed E-state index contributed by atoms with van der Waals surface area (Å²) in [7, 11) is 0. The summed E-state index contributed by atoms with van der Waals surface area (Å²) in [6.07, 6.45) is 5.56. The Morgan fingerprint density at radius 1 is 1.34 bits per heavy atom. The SMILES string of the molecule is CC1=C(N2CCOC3(CCN(C[C@H](O)c4ccc(N(N)/C=N\N)nc4)CC3)C2)CCC1=O. The van der Waals surface area contributed by atoms with E-state index in [1.54, 1.807) is 12.3 Å². The van der Waals surface area contributed by atoms with Crippen LogP contribution < -0.4 is 16.7 Å². The van der Waals surface area contributed by atoms with E-state index in [0.717, 1.165) is 56.6 Å². The van der Waals surface area contributed by atoms with Crippen molar-refractivity contribution in [2.75, 3.05) is 44.3 Å². The minimum Gasteiger partial charge on any atom is -0.387 e. The van der Waals surface area contributed by atoms with Crippen molar-refractivity contribution in [2.24, 2.45) is 16.8 Å². The molecule has 5 N–H and O–H groups in total. The monoisotopic (exact) mass is 443 g/mol. The molecule has 0 saturated carbocycles. The molecule has 1 aliphatic carbocycles. The van der Waals surface area contributed by atoms with Crippen LogP contribution in [0.25, 0.3) is 0 Å². The van der Waals surface area contributed by atoms with Crippen LogP contribution in [0.4, 0.5) is 5.82 Å². The lowest BCUT2D eigenvalue weighted by Crippen LogP contribution is -2.56. The van der Waals surface area contributed by atoms with Crippen molar-refractivity contribution >= 4 is 17.9 Å². The average molecular weight is 444 g/mol. The predicted octanol–water partition coefficient (Wildman–Crippen LogP) is 0.501. The van der Waals surface area contributed by atoms with Crippen LogP contribution in [-0.2, 0) is 9.53 Å². The van der Waals surface area contributed by atoms with Gasteiger partial charge in [0.15, 0.2) is 5.78 Å². The van der Waals surface area contributed by atoms with Gasteiger partial charge in [-0.1, -0.05) is 6.07 Å². The number of hydrogen-bond acceptors (Lipinski definition) is 9. The minimum absolute atomic E-state index is 0.170. The Morgan fingerprint density at radius 3 is 2.75 bits per heavy atom. The fourth-order valence-electron chi connectivity index (χ4n) is 4.91. The number of ketones is 1. The summed E-state index contributed by atoms with van der Waals surface area (Å²) < 4.78 is 6.27. The van der Waals surface area contributed by atoms with Gasteiger partial charge in [-0.2, -0.15) is 5.10 Å². The van der Waals surface area contributed by atoms with Crippen molar-refractivity contribution in [1.29, 1.82) is 0 Å². The molecule has 3 aliphatic rings. The molecule has 174 valence electrons. The number of nitrogens with two attached hydrogens (primary N) is 2. The highest BCUT2D eigenvalue weighted by Gasteiger charge is 2.41. The second-order valence-electron chi connectivity index (χ2n) is 8.89. The minimum atomic E-state index is -0.638. The maximum Gasteiger partial charge on any atom is 0.160 e. The van der Waals surface area contributed by atoms with Gasteiger partial charge in [0.1, 0.15) is 12.2 Å². The number of β-amino-alcohol motifs (C(OH)–C–C–N with tert-alkyl or cyclic N) is 1. The number of Topliss-reactive ketones (excluding diaryl/α,β-unsaturated/α-hetero) is 1. The van der Waals surface area contributed by atoms with E-state index in [9.17, 15) is 9.90 Å². The van der Waals surface area contributed by atoms with Gasteiger partial charge in [-0.05, 0) is 32.3 Å². The van der Waals surface area contributed by atoms with Gasteiger partial charge in [0.25, 0.3) is 0 Å². The lowest BCUT2D eigenvalue weighted by Gasteiger charge is -2.48. The van der Waals surface area contributed by atoms with Gasteiger partial charge in [-0.15, -0.1) is 0 Å². The quantitative estimate of drug-likeness (QED) is 0.249. The lowest BCUT2D eigenvalue weighted by molar-refractivity contribution is -0.131. The van der Waals surface area contributed by atoms with E-state index in [4.69, 9.17) is 16.4 Å². The van der Waals surface area contributed by atoms with Gasteiger partial charge in [0.05, 0.1) is 18.3 Å². The van der Waals surface area contributed by atoms with E-state index in [2.05, 4.69) is 19.9 Å². The number of anilines is 1. The first kappa shape index (κ1) is 22.7. The molecule has 2 fully saturated rings. The first-order valence-corrected chi connectivity index (χ1v) is 11.2. The van der Waals surface area contributed by atoms with Gasteiger partial charge in [-0.3, -0.25) is 4.79 Å². The first-order valence-electron chi connectivity index (χ1n) is 11.2. The highest BCUT2D eigenvalue weighted by molar-refractivity contribution is 5.97. The van der Waals surface area contributed by atoms with E-state index < -0.39 is 6.10 Å². The van der Waals surface area contributed by atoms with Crippen molar-refractivity contribution in [3.05, 3.63) is 35.2 Å². The Labute approximate surface area is 188 Å². The first-order chi connectivity index (χ1) is 15.4. The topological polar surface area (TPSA) is 134 Å². The summed E-state index contributed by atoms with van der Waals surface area (Å²) in [5, 5.41) is 15.3. The Hall–Kier alpha value is -2.53. The van der Waals surface area contributed by atoms with Crippen LogP contribution in [0.3, 0.4) is 0 Å². The molecule has 0 amide bonds. The van der Waals surface area contributed by atoms with E-state index >= 15 is 0 Å². The summed E-state index contributed by atoms with van der Waals surface area (Å²) >= 11 is 0. The number of morpholine rings is 1. The van der Waals surface area contributed by atoms with Crippen LogP contribution in [0.2, 0.25) is 0 Å². The largest absolute Gasteiger partial charge is 0.387 e. The second-order valence-corrected chi connectivity index (χ2v) is 8.89. The number of nitrogens with zero attached hydrogens (tertiary/aromatic N) is 5. The summed E-state index contributed by atoms with van der Waals surface area (Å²) in [4.78, 5) is 20.9. The number of pyridine rings is 1. The number of piperidine rings is 1. The van der Waals surface area contributed by atoms with E-state index in [0.29, 0.717) is 25.4 Å². The number of hydrazine groups is 1. The number of hydrazone groups is 1. The zero-order valence-electron chi connectivity index (χ0n) is 18.6. The second kappa shape index (κ2) is 9.53. The van der Waals surface area contributed by atoms with Crippen LogP contribution in [0.1, 0.15) is 44.3 Å². The Kier molecular flexibility index (Phi) is 6.75. The van der Waals surface area contributed by atoms with Crippen LogP contribution >= 0.6 is 0 Å². The number of carbonyl (C=O) groups is 1. The lowest BCUT2D eigenvalue weighted by atomic mass is 9.88.